The van der Waals surface area contributed by atoms with Gasteiger partial charge in [0.25, 0.3) is 0 Å². The van der Waals surface area contributed by atoms with Crippen LogP contribution >= 0.6 is 0 Å². The van der Waals surface area contributed by atoms with Gasteiger partial charge < -0.3 is 4.74 Å². The summed E-state index contributed by atoms with van der Waals surface area (Å²) in [4.78, 5) is 57.6. The lowest BCUT2D eigenvalue weighted by Crippen LogP contribution is -2.54. The summed E-state index contributed by atoms with van der Waals surface area (Å²) in [5, 5.41) is 0. The average Bonchev–Trinajstić information content (AvgIpc) is 2.97. The summed E-state index contributed by atoms with van der Waals surface area (Å²) < 4.78 is 5.41. The van der Waals surface area contributed by atoms with Crippen molar-refractivity contribution in [3.8, 4) is 0 Å². The van der Waals surface area contributed by atoms with Gasteiger partial charge >= 0.3 is 18.0 Å². The van der Waals surface area contributed by atoms with Gasteiger partial charge in [-0.1, -0.05) is 82.5 Å². The number of hydrogen-bond acceptors (Lipinski definition) is 5. The highest BCUT2D eigenvalue weighted by atomic mass is 16.5. The number of para-hydroxylation sites is 2. The number of hydrogen-bond donors (Lipinski definition) is 0. The SMILES string of the molecule is CC(C)(C)C(=O)CN1C(=O)N(CC(=O)OCc2ccccc2)C(=O)N(C2CCCCC2)c2ccccc21. The van der Waals surface area contributed by atoms with Gasteiger partial charge in [-0.15, -0.1) is 0 Å². The van der Waals surface area contributed by atoms with Crippen LogP contribution in [0.5, 0.6) is 0 Å². The second-order valence-electron chi connectivity index (χ2n) is 10.7. The van der Waals surface area contributed by atoms with Crippen LogP contribution in [0.4, 0.5) is 21.0 Å². The third-order valence-corrected chi connectivity index (χ3v) is 6.94. The molecule has 0 radical (unpaired) electrons. The molecule has 4 rings (SSSR count). The van der Waals surface area contributed by atoms with Crippen molar-refractivity contribution in [2.24, 2.45) is 5.41 Å². The molecular weight excluding hydrogens is 470 g/mol. The van der Waals surface area contributed by atoms with E-state index in [0.29, 0.717) is 11.4 Å². The zero-order chi connectivity index (χ0) is 26.6. The zero-order valence-corrected chi connectivity index (χ0v) is 21.8. The molecule has 8 heteroatoms. The molecule has 1 aliphatic heterocycles. The number of nitrogens with zero attached hydrogens (tertiary/aromatic N) is 3. The molecule has 2 aliphatic rings. The molecule has 4 amide bonds. The Labute approximate surface area is 218 Å². The molecular formula is C29H35N3O5. The van der Waals surface area contributed by atoms with Crippen LogP contribution in [-0.2, 0) is 20.9 Å². The maximum Gasteiger partial charge on any atom is 0.333 e. The number of ether oxygens (including phenoxy) is 1. The van der Waals surface area contributed by atoms with Crippen LogP contribution in [0.3, 0.4) is 0 Å². The van der Waals surface area contributed by atoms with Gasteiger partial charge in [-0.3, -0.25) is 19.4 Å². The maximum absolute atomic E-state index is 14.0. The number of rotatable bonds is 7. The Balaban J connectivity index is 1.68. The van der Waals surface area contributed by atoms with Gasteiger partial charge in [-0.2, -0.15) is 0 Å². The Hall–Kier alpha value is -3.68. The first-order valence-electron chi connectivity index (χ1n) is 12.9. The number of Topliss-reactive ketones (excluding diaryl/α,β-unsaturated/α-hetero) is 1. The number of urea groups is 2. The van der Waals surface area contributed by atoms with Crippen LogP contribution in [0.2, 0.25) is 0 Å². The van der Waals surface area contributed by atoms with Crippen LogP contribution < -0.4 is 9.80 Å². The van der Waals surface area contributed by atoms with Gasteiger partial charge in [-0.05, 0) is 30.5 Å². The van der Waals surface area contributed by atoms with E-state index in [1.807, 2.05) is 36.4 Å². The molecule has 196 valence electrons. The van der Waals surface area contributed by atoms with Gasteiger partial charge in [0.1, 0.15) is 13.2 Å². The fourth-order valence-electron chi connectivity index (χ4n) is 4.73. The lowest BCUT2D eigenvalue weighted by Gasteiger charge is -2.35. The largest absolute Gasteiger partial charge is 0.459 e. The summed E-state index contributed by atoms with van der Waals surface area (Å²) in [6.45, 7) is 4.67. The molecule has 0 spiro atoms. The molecule has 0 bridgehead atoms. The number of amides is 4. The number of benzene rings is 2. The van der Waals surface area contributed by atoms with Gasteiger partial charge in [0.05, 0.1) is 17.9 Å². The third-order valence-electron chi connectivity index (χ3n) is 6.94. The molecule has 0 N–H and O–H groups in total. The highest BCUT2D eigenvalue weighted by Gasteiger charge is 2.42. The van der Waals surface area contributed by atoms with Crippen molar-refractivity contribution in [1.29, 1.82) is 0 Å². The van der Waals surface area contributed by atoms with Crippen molar-refractivity contribution >= 4 is 35.2 Å². The Morgan fingerprint density at radius 2 is 1.43 bits per heavy atom. The Morgan fingerprint density at radius 3 is 2.08 bits per heavy atom. The van der Waals surface area contributed by atoms with E-state index in [9.17, 15) is 19.2 Å². The molecule has 1 saturated carbocycles. The molecule has 2 aromatic carbocycles. The van der Waals surface area contributed by atoms with Crippen molar-refractivity contribution in [3.63, 3.8) is 0 Å². The summed E-state index contributed by atoms with van der Waals surface area (Å²) in [5.74, 6) is -0.844. The fraction of sp³-hybridized carbons (Fsp3) is 0.448. The molecule has 1 aliphatic carbocycles. The highest BCUT2D eigenvalue weighted by molar-refractivity contribution is 6.16. The first-order valence-corrected chi connectivity index (χ1v) is 12.9. The minimum absolute atomic E-state index is 0.0364. The standard InChI is InChI=1S/C29H35N3O5/c1-29(2,3)25(33)18-30-23-16-10-11-17-24(23)32(22-14-8-5-9-15-22)28(36)31(27(30)35)19-26(34)37-20-21-12-6-4-7-13-21/h4,6-7,10-13,16-17,22H,5,8-9,14-15,18-20H2,1-3H3. The molecule has 2 aromatic rings. The molecule has 1 heterocycles. The highest BCUT2D eigenvalue weighted by Crippen LogP contribution is 2.38. The van der Waals surface area contributed by atoms with Crippen LogP contribution in [0.1, 0.15) is 58.4 Å². The molecule has 1 fully saturated rings. The van der Waals surface area contributed by atoms with Crippen LogP contribution in [0.15, 0.2) is 54.6 Å². The number of esters is 1. The van der Waals surface area contributed by atoms with Crippen molar-refractivity contribution in [1.82, 2.24) is 4.90 Å². The number of carbonyl (C=O) groups is 4. The minimum Gasteiger partial charge on any atom is -0.459 e. The Kier molecular flexibility index (Phi) is 7.95. The predicted octanol–water partition coefficient (Wildman–Crippen LogP) is 5.55. The van der Waals surface area contributed by atoms with E-state index in [0.717, 1.165) is 42.6 Å². The van der Waals surface area contributed by atoms with E-state index in [1.54, 1.807) is 43.9 Å². The zero-order valence-electron chi connectivity index (χ0n) is 21.8. The summed E-state index contributed by atoms with van der Waals surface area (Å²) in [7, 11) is 0. The average molecular weight is 506 g/mol. The Morgan fingerprint density at radius 1 is 0.811 bits per heavy atom. The van der Waals surface area contributed by atoms with Crippen molar-refractivity contribution in [3.05, 3.63) is 60.2 Å². The molecule has 8 nitrogen and oxygen atoms in total. The van der Waals surface area contributed by atoms with E-state index in [2.05, 4.69) is 0 Å². The maximum atomic E-state index is 14.0. The van der Waals surface area contributed by atoms with E-state index in [1.165, 1.54) is 4.90 Å². The van der Waals surface area contributed by atoms with Crippen LogP contribution in [0.25, 0.3) is 0 Å². The normalized spacial score (nSPS) is 16.9. The lowest BCUT2D eigenvalue weighted by atomic mass is 9.90. The second-order valence-corrected chi connectivity index (χ2v) is 10.7. The van der Waals surface area contributed by atoms with Crippen molar-refractivity contribution in [2.75, 3.05) is 22.9 Å². The predicted molar refractivity (Wildman–Crippen MR) is 141 cm³/mol. The smallest absolute Gasteiger partial charge is 0.333 e. The quantitative estimate of drug-likeness (QED) is 0.461. The van der Waals surface area contributed by atoms with E-state index in [-0.39, 0.29) is 25.0 Å². The number of carbonyl (C=O) groups excluding carboxylic acids is 4. The monoisotopic (exact) mass is 505 g/mol. The summed E-state index contributed by atoms with van der Waals surface area (Å²) in [5.41, 5.74) is 1.19. The molecule has 0 unspecified atom stereocenters. The van der Waals surface area contributed by atoms with E-state index < -0.39 is 30.0 Å². The minimum atomic E-state index is -0.704. The van der Waals surface area contributed by atoms with Crippen LogP contribution in [-0.4, -0.2) is 47.8 Å². The second kappa shape index (κ2) is 11.2. The summed E-state index contributed by atoms with van der Waals surface area (Å²) in [6.07, 6.45) is 4.68. The van der Waals surface area contributed by atoms with E-state index >= 15 is 0 Å². The van der Waals surface area contributed by atoms with Crippen molar-refractivity contribution in [2.45, 2.75) is 65.5 Å². The third kappa shape index (κ3) is 6.01. The molecule has 0 saturated heterocycles. The fourth-order valence-corrected chi connectivity index (χ4v) is 4.73. The number of anilines is 2. The number of imide groups is 1. The first-order chi connectivity index (χ1) is 17.7. The topological polar surface area (TPSA) is 87.2 Å². The molecule has 0 atom stereocenters. The van der Waals surface area contributed by atoms with Gasteiger partial charge in [-0.25, -0.2) is 14.5 Å². The van der Waals surface area contributed by atoms with Crippen molar-refractivity contribution < 1.29 is 23.9 Å². The van der Waals surface area contributed by atoms with Gasteiger partial charge in [0, 0.05) is 11.5 Å². The first kappa shape index (κ1) is 26.4. The van der Waals surface area contributed by atoms with Crippen LogP contribution in [0, 0.1) is 5.41 Å². The van der Waals surface area contributed by atoms with Gasteiger partial charge in [0.2, 0.25) is 0 Å². The summed E-state index contributed by atoms with van der Waals surface area (Å²) >= 11 is 0. The number of fused-ring (bicyclic) bond motifs is 1. The molecule has 0 aromatic heterocycles. The lowest BCUT2D eigenvalue weighted by molar-refractivity contribution is -0.145. The summed E-state index contributed by atoms with van der Waals surface area (Å²) in [6, 6.07) is 15.0. The van der Waals surface area contributed by atoms with E-state index in [4.69, 9.17) is 4.74 Å². The Bertz CT molecular complexity index is 1150. The number of ketones is 1. The van der Waals surface area contributed by atoms with Gasteiger partial charge in [0.15, 0.2) is 5.78 Å². The molecule has 37 heavy (non-hydrogen) atoms.